The van der Waals surface area contributed by atoms with Gasteiger partial charge in [0.25, 0.3) is 0 Å². The zero-order valence-corrected chi connectivity index (χ0v) is 12.4. The Labute approximate surface area is 127 Å². The van der Waals surface area contributed by atoms with Gasteiger partial charge in [0.05, 0.1) is 12.1 Å². The summed E-state index contributed by atoms with van der Waals surface area (Å²) in [4.78, 5) is 23.2. The first-order chi connectivity index (χ1) is 10.6. The minimum absolute atomic E-state index is 0.0319. The quantitative estimate of drug-likeness (QED) is 0.811. The number of rotatable bonds is 1. The molecule has 0 saturated heterocycles. The molecule has 0 radical (unpaired) electrons. The maximum Gasteiger partial charge on any atom is 0.238 e. The van der Waals surface area contributed by atoms with E-state index in [2.05, 4.69) is 14.5 Å². The highest BCUT2D eigenvalue weighted by atomic mass is 19.1. The molecular weight excluding hydrogens is 283 g/mol. The number of carbonyl (C=O) groups excluding carboxylic acids is 1. The molecule has 0 bridgehead atoms. The fourth-order valence-corrected chi connectivity index (χ4v) is 3.51. The van der Waals surface area contributed by atoms with Crippen LogP contribution in [0, 0.1) is 12.7 Å². The van der Waals surface area contributed by atoms with E-state index < -0.39 is 0 Å². The van der Waals surface area contributed by atoms with Crippen molar-refractivity contribution in [3.63, 3.8) is 0 Å². The van der Waals surface area contributed by atoms with Crippen LogP contribution < -0.4 is 4.90 Å². The second kappa shape index (κ2) is 4.90. The minimum Gasteiger partial charge on any atom is -0.332 e. The average Bonchev–Trinajstić information content (AvgIpc) is 3.10. The maximum absolute atomic E-state index is 13.3. The average molecular weight is 300 g/mol. The van der Waals surface area contributed by atoms with E-state index in [1.54, 1.807) is 4.90 Å². The molecule has 4 heterocycles. The van der Waals surface area contributed by atoms with E-state index >= 15 is 0 Å². The van der Waals surface area contributed by atoms with Gasteiger partial charge in [-0.15, -0.1) is 0 Å². The number of carbonyl (C=O) groups is 1. The lowest BCUT2D eigenvalue weighted by Gasteiger charge is -2.27. The monoisotopic (exact) mass is 300 g/mol. The zero-order chi connectivity index (χ0) is 15.3. The molecule has 0 aromatic carbocycles. The van der Waals surface area contributed by atoms with Gasteiger partial charge in [-0.05, 0) is 37.8 Å². The molecule has 0 N–H and O–H groups in total. The summed E-state index contributed by atoms with van der Waals surface area (Å²) in [6, 6.07) is 1.47. The fraction of sp³-hybridized carbons (Fsp3) is 0.438. The van der Waals surface area contributed by atoms with E-state index in [4.69, 9.17) is 0 Å². The highest BCUT2D eigenvalue weighted by Crippen LogP contribution is 2.33. The molecule has 0 aliphatic carbocycles. The van der Waals surface area contributed by atoms with Crippen LogP contribution in [0.1, 0.15) is 35.8 Å². The van der Waals surface area contributed by atoms with Crippen molar-refractivity contribution in [3.05, 3.63) is 41.4 Å². The van der Waals surface area contributed by atoms with Gasteiger partial charge in [-0.1, -0.05) is 0 Å². The summed E-state index contributed by atoms with van der Waals surface area (Å²) in [5, 5.41) is 0. The summed E-state index contributed by atoms with van der Waals surface area (Å²) >= 11 is 0. The van der Waals surface area contributed by atoms with Gasteiger partial charge in [0.2, 0.25) is 5.91 Å². The Morgan fingerprint density at radius 1 is 1.32 bits per heavy atom. The van der Waals surface area contributed by atoms with E-state index in [0.29, 0.717) is 18.8 Å². The Morgan fingerprint density at radius 3 is 3.05 bits per heavy atom. The third kappa shape index (κ3) is 1.94. The van der Waals surface area contributed by atoms with Gasteiger partial charge in [-0.2, -0.15) is 0 Å². The number of imidazole rings is 1. The summed E-state index contributed by atoms with van der Waals surface area (Å²) in [7, 11) is 0. The van der Waals surface area contributed by atoms with Crippen molar-refractivity contribution < 1.29 is 9.18 Å². The summed E-state index contributed by atoms with van der Waals surface area (Å²) in [6.45, 7) is 3.50. The van der Waals surface area contributed by atoms with E-state index in [9.17, 15) is 9.18 Å². The fourth-order valence-electron chi connectivity index (χ4n) is 3.51. The molecule has 1 amide bonds. The van der Waals surface area contributed by atoms with E-state index in [-0.39, 0.29) is 17.6 Å². The van der Waals surface area contributed by atoms with Crippen molar-refractivity contribution in [1.29, 1.82) is 0 Å². The van der Waals surface area contributed by atoms with Crippen LogP contribution in [-0.4, -0.2) is 27.0 Å². The molecule has 2 aromatic heterocycles. The number of aryl methyl sites for hydroxylation is 1. The molecule has 22 heavy (non-hydrogen) atoms. The largest absolute Gasteiger partial charge is 0.332 e. The predicted molar refractivity (Wildman–Crippen MR) is 79.2 cm³/mol. The van der Waals surface area contributed by atoms with E-state index in [0.717, 1.165) is 36.5 Å². The van der Waals surface area contributed by atoms with Crippen LogP contribution in [0.25, 0.3) is 0 Å². The molecule has 0 spiro atoms. The van der Waals surface area contributed by atoms with Crippen molar-refractivity contribution in [1.82, 2.24) is 14.5 Å². The zero-order valence-electron chi connectivity index (χ0n) is 12.4. The third-order valence-electron chi connectivity index (χ3n) is 4.61. The lowest BCUT2D eigenvalue weighted by molar-refractivity contribution is -0.120. The van der Waals surface area contributed by atoms with Gasteiger partial charge in [-0.3, -0.25) is 9.69 Å². The number of aromatic nitrogens is 3. The Balaban J connectivity index is 1.67. The first-order valence-electron chi connectivity index (χ1n) is 7.63. The van der Waals surface area contributed by atoms with E-state index in [1.165, 1.54) is 12.3 Å². The maximum atomic E-state index is 13.3. The summed E-state index contributed by atoms with van der Waals surface area (Å²) < 4.78 is 15.4. The van der Waals surface area contributed by atoms with Gasteiger partial charge in [0, 0.05) is 25.0 Å². The highest BCUT2D eigenvalue weighted by molar-refractivity contribution is 5.98. The molecule has 5 nitrogen and oxygen atoms in total. The van der Waals surface area contributed by atoms with Gasteiger partial charge < -0.3 is 4.57 Å². The van der Waals surface area contributed by atoms with Crippen LogP contribution in [-0.2, 0) is 17.8 Å². The second-order valence-corrected chi connectivity index (χ2v) is 5.98. The SMILES string of the molecule is Cc1cnc2n1CCCC2C(=O)N1CCc2cc(F)cnc21. The van der Waals surface area contributed by atoms with Crippen LogP contribution in [0.2, 0.25) is 0 Å². The molecule has 6 heteroatoms. The number of nitrogens with zero attached hydrogens (tertiary/aromatic N) is 4. The molecule has 2 aliphatic heterocycles. The number of fused-ring (bicyclic) bond motifs is 2. The molecule has 2 aromatic rings. The van der Waals surface area contributed by atoms with Crippen LogP contribution in [0.5, 0.6) is 0 Å². The summed E-state index contributed by atoms with van der Waals surface area (Å²) in [5.74, 6) is 0.914. The second-order valence-electron chi connectivity index (χ2n) is 5.98. The lowest BCUT2D eigenvalue weighted by atomic mass is 9.97. The Hall–Kier alpha value is -2.24. The number of halogens is 1. The molecule has 0 saturated carbocycles. The highest BCUT2D eigenvalue weighted by Gasteiger charge is 2.36. The number of amides is 1. The molecule has 0 fully saturated rings. The molecule has 114 valence electrons. The van der Waals surface area contributed by atoms with Crippen molar-refractivity contribution >= 4 is 11.7 Å². The van der Waals surface area contributed by atoms with Crippen molar-refractivity contribution in [3.8, 4) is 0 Å². The molecule has 1 atom stereocenters. The molecule has 2 aliphatic rings. The Bertz CT molecular complexity index is 755. The van der Waals surface area contributed by atoms with Gasteiger partial charge in [-0.25, -0.2) is 14.4 Å². The molecular formula is C16H17FN4O. The van der Waals surface area contributed by atoms with Crippen LogP contribution in [0.4, 0.5) is 10.2 Å². The smallest absolute Gasteiger partial charge is 0.238 e. The number of pyridine rings is 1. The van der Waals surface area contributed by atoms with Gasteiger partial charge >= 0.3 is 0 Å². The minimum atomic E-state index is -0.350. The number of hydrogen-bond acceptors (Lipinski definition) is 3. The first-order valence-corrected chi connectivity index (χ1v) is 7.63. The standard InChI is InChI=1S/C16H17FN4O/c1-10-8-18-15-13(3-2-5-20(10)15)16(22)21-6-4-11-7-12(17)9-19-14(11)21/h7-9,13H,2-6H2,1H3. The summed E-state index contributed by atoms with van der Waals surface area (Å²) in [6.07, 6.45) is 5.44. The van der Waals surface area contributed by atoms with Crippen molar-refractivity contribution in [2.45, 2.75) is 38.6 Å². The third-order valence-corrected chi connectivity index (χ3v) is 4.61. The van der Waals surface area contributed by atoms with Gasteiger partial charge in [0.15, 0.2) is 0 Å². The molecule has 1 unspecified atom stereocenters. The van der Waals surface area contributed by atoms with Crippen molar-refractivity contribution in [2.24, 2.45) is 0 Å². The normalized spacial score (nSPS) is 19.9. The number of anilines is 1. The summed E-state index contributed by atoms with van der Waals surface area (Å²) in [5.41, 5.74) is 1.90. The molecule has 4 rings (SSSR count). The Kier molecular flexibility index (Phi) is 2.99. The van der Waals surface area contributed by atoms with E-state index in [1.807, 2.05) is 13.1 Å². The number of hydrogen-bond donors (Lipinski definition) is 0. The van der Waals surface area contributed by atoms with Crippen LogP contribution in [0.3, 0.4) is 0 Å². The van der Waals surface area contributed by atoms with Crippen LogP contribution in [0.15, 0.2) is 18.5 Å². The topological polar surface area (TPSA) is 51.0 Å². The van der Waals surface area contributed by atoms with Crippen molar-refractivity contribution in [2.75, 3.05) is 11.4 Å². The van der Waals surface area contributed by atoms with Gasteiger partial charge in [0.1, 0.15) is 17.5 Å². The van der Waals surface area contributed by atoms with Crippen LogP contribution >= 0.6 is 0 Å². The first kappa shape index (κ1) is 13.4. The lowest BCUT2D eigenvalue weighted by Crippen LogP contribution is -2.37. The Morgan fingerprint density at radius 2 is 2.18 bits per heavy atom. The predicted octanol–water partition coefficient (Wildman–Crippen LogP) is 2.19.